The summed E-state index contributed by atoms with van der Waals surface area (Å²) in [5.74, 6) is 0.569. The first-order valence-electron chi connectivity index (χ1n) is 5.64. The highest BCUT2D eigenvalue weighted by Gasteiger charge is 2.12. The quantitative estimate of drug-likeness (QED) is 0.837. The summed E-state index contributed by atoms with van der Waals surface area (Å²) >= 11 is 12.3. The molecule has 0 aliphatic heterocycles. The third-order valence-corrected chi connectivity index (χ3v) is 3.57. The minimum absolute atomic E-state index is 0.524. The fourth-order valence-corrected chi connectivity index (χ4v) is 2.43. The van der Waals surface area contributed by atoms with E-state index in [0.29, 0.717) is 12.0 Å². The monoisotopic (exact) mass is 259 g/mol. The van der Waals surface area contributed by atoms with Crippen molar-refractivity contribution in [3.63, 3.8) is 0 Å². The van der Waals surface area contributed by atoms with E-state index in [-0.39, 0.29) is 0 Å². The summed E-state index contributed by atoms with van der Waals surface area (Å²) in [6, 6.07) is 6.21. The Bertz CT molecular complexity index is 318. The predicted molar refractivity (Wildman–Crippen MR) is 72.5 cm³/mol. The molecule has 16 heavy (non-hydrogen) atoms. The van der Waals surface area contributed by atoms with Crippen LogP contribution in [0, 0.1) is 5.92 Å². The summed E-state index contributed by atoms with van der Waals surface area (Å²) in [6.45, 7) is 4.41. The van der Waals surface area contributed by atoms with Crippen LogP contribution < -0.4 is 5.32 Å². The van der Waals surface area contributed by atoms with Crippen molar-refractivity contribution in [2.45, 2.75) is 32.7 Å². The summed E-state index contributed by atoms with van der Waals surface area (Å²) in [5.41, 5.74) is 1.07. The minimum atomic E-state index is 0.524. The number of benzene rings is 1. The molecule has 0 saturated heterocycles. The lowest BCUT2D eigenvalue weighted by Gasteiger charge is -2.17. The largest absolute Gasteiger partial charge is 0.317 e. The highest BCUT2D eigenvalue weighted by molar-refractivity contribution is 6.35. The van der Waals surface area contributed by atoms with E-state index < -0.39 is 0 Å². The summed E-state index contributed by atoms with van der Waals surface area (Å²) in [4.78, 5) is 0. The third-order valence-electron chi connectivity index (χ3n) is 2.86. The van der Waals surface area contributed by atoms with Crippen molar-refractivity contribution in [1.82, 2.24) is 5.32 Å². The first-order chi connectivity index (χ1) is 7.54. The average Bonchev–Trinajstić information content (AvgIpc) is 2.23. The van der Waals surface area contributed by atoms with E-state index in [1.165, 1.54) is 0 Å². The number of nitrogens with one attached hydrogen (secondary N) is 1. The Kier molecular flexibility index (Phi) is 5.60. The zero-order valence-corrected chi connectivity index (χ0v) is 11.6. The number of halogens is 2. The highest BCUT2D eigenvalue weighted by Crippen LogP contribution is 2.27. The average molecular weight is 260 g/mol. The van der Waals surface area contributed by atoms with Crippen LogP contribution in [0.3, 0.4) is 0 Å². The third kappa shape index (κ3) is 3.97. The van der Waals surface area contributed by atoms with Gasteiger partial charge in [0.1, 0.15) is 0 Å². The second-order valence-corrected chi connectivity index (χ2v) is 5.25. The second-order valence-electron chi connectivity index (χ2n) is 4.43. The molecule has 0 bridgehead atoms. The molecule has 90 valence electrons. The van der Waals surface area contributed by atoms with Crippen molar-refractivity contribution in [3.05, 3.63) is 33.8 Å². The molecule has 0 aromatic heterocycles. The van der Waals surface area contributed by atoms with Gasteiger partial charge in [0, 0.05) is 16.1 Å². The smallest absolute Gasteiger partial charge is 0.0452 e. The molecule has 1 aromatic rings. The van der Waals surface area contributed by atoms with E-state index >= 15 is 0 Å². The number of hydrogen-bond acceptors (Lipinski definition) is 1. The van der Waals surface area contributed by atoms with Crippen molar-refractivity contribution in [2.75, 3.05) is 7.05 Å². The molecule has 0 fully saturated rings. The molecule has 0 aliphatic carbocycles. The van der Waals surface area contributed by atoms with E-state index in [1.54, 1.807) is 0 Å². The Morgan fingerprint density at radius 1 is 1.19 bits per heavy atom. The van der Waals surface area contributed by atoms with Gasteiger partial charge in [-0.2, -0.15) is 0 Å². The summed E-state index contributed by atoms with van der Waals surface area (Å²) in [6.07, 6.45) is 2.06. The molecule has 3 heteroatoms. The molecule has 0 radical (unpaired) electrons. The van der Waals surface area contributed by atoms with Crippen molar-refractivity contribution in [1.29, 1.82) is 0 Å². The zero-order valence-electron chi connectivity index (χ0n) is 10.1. The van der Waals surface area contributed by atoms with Crippen LogP contribution in [0.1, 0.15) is 25.8 Å². The van der Waals surface area contributed by atoms with Gasteiger partial charge in [-0.3, -0.25) is 0 Å². The molecule has 0 saturated carbocycles. The minimum Gasteiger partial charge on any atom is -0.317 e. The van der Waals surface area contributed by atoms with Gasteiger partial charge < -0.3 is 5.32 Å². The SMILES string of the molecule is CNC(C)CC(C)Cc1c(Cl)cccc1Cl. The van der Waals surface area contributed by atoms with Gasteiger partial charge in [0.25, 0.3) is 0 Å². The lowest BCUT2D eigenvalue weighted by atomic mass is 9.95. The van der Waals surface area contributed by atoms with Crippen LogP contribution >= 0.6 is 23.2 Å². The maximum Gasteiger partial charge on any atom is 0.0452 e. The van der Waals surface area contributed by atoms with E-state index in [9.17, 15) is 0 Å². The van der Waals surface area contributed by atoms with Gasteiger partial charge in [-0.15, -0.1) is 0 Å². The first-order valence-corrected chi connectivity index (χ1v) is 6.40. The highest BCUT2D eigenvalue weighted by atomic mass is 35.5. The van der Waals surface area contributed by atoms with E-state index in [0.717, 1.165) is 28.5 Å². The van der Waals surface area contributed by atoms with Gasteiger partial charge >= 0.3 is 0 Å². The van der Waals surface area contributed by atoms with Crippen molar-refractivity contribution in [2.24, 2.45) is 5.92 Å². The Morgan fingerprint density at radius 3 is 2.25 bits per heavy atom. The van der Waals surface area contributed by atoms with E-state index in [2.05, 4.69) is 19.2 Å². The normalized spacial score (nSPS) is 14.8. The van der Waals surface area contributed by atoms with Crippen LogP contribution in [0.25, 0.3) is 0 Å². The lowest BCUT2D eigenvalue weighted by molar-refractivity contribution is 0.440. The second kappa shape index (κ2) is 6.48. The first kappa shape index (κ1) is 13.8. The molecular weight excluding hydrogens is 241 g/mol. The Balaban J connectivity index is 2.66. The van der Waals surface area contributed by atoms with Gasteiger partial charge in [0.05, 0.1) is 0 Å². The molecule has 0 amide bonds. The number of rotatable bonds is 5. The zero-order chi connectivity index (χ0) is 12.1. The maximum absolute atomic E-state index is 6.14. The van der Waals surface area contributed by atoms with E-state index in [1.807, 2.05) is 25.2 Å². The molecule has 1 N–H and O–H groups in total. The summed E-state index contributed by atoms with van der Waals surface area (Å²) < 4.78 is 0. The van der Waals surface area contributed by atoms with Crippen molar-refractivity contribution in [3.8, 4) is 0 Å². The Morgan fingerprint density at radius 2 is 1.75 bits per heavy atom. The molecule has 1 nitrogen and oxygen atoms in total. The number of hydrogen-bond donors (Lipinski definition) is 1. The van der Waals surface area contributed by atoms with Crippen LogP contribution in [0.5, 0.6) is 0 Å². The van der Waals surface area contributed by atoms with Crippen molar-refractivity contribution < 1.29 is 0 Å². The molecular formula is C13H19Cl2N. The van der Waals surface area contributed by atoms with Gasteiger partial charge in [-0.05, 0) is 50.4 Å². The van der Waals surface area contributed by atoms with Gasteiger partial charge in [-0.25, -0.2) is 0 Å². The molecule has 0 aliphatic rings. The van der Waals surface area contributed by atoms with Crippen molar-refractivity contribution >= 4 is 23.2 Å². The molecule has 1 aromatic carbocycles. The molecule has 2 unspecified atom stereocenters. The van der Waals surface area contributed by atoms with Gasteiger partial charge in [-0.1, -0.05) is 36.2 Å². The molecule has 1 rings (SSSR count). The fourth-order valence-electron chi connectivity index (χ4n) is 1.88. The molecule has 0 spiro atoms. The maximum atomic E-state index is 6.14. The van der Waals surface area contributed by atoms with E-state index in [4.69, 9.17) is 23.2 Å². The van der Waals surface area contributed by atoms with Crippen LogP contribution in [0.15, 0.2) is 18.2 Å². The Labute approximate surface area is 108 Å². The van der Waals surface area contributed by atoms with Crippen LogP contribution in [0.2, 0.25) is 10.0 Å². The standard InChI is InChI=1S/C13H19Cl2N/c1-9(7-10(2)16-3)8-11-12(14)5-4-6-13(11)15/h4-6,9-10,16H,7-8H2,1-3H3. The van der Waals surface area contributed by atoms with Crippen LogP contribution in [-0.4, -0.2) is 13.1 Å². The topological polar surface area (TPSA) is 12.0 Å². The Hall–Kier alpha value is -0.240. The summed E-state index contributed by atoms with van der Waals surface area (Å²) in [7, 11) is 1.99. The predicted octanol–water partition coefficient (Wildman–Crippen LogP) is 4.17. The van der Waals surface area contributed by atoms with Gasteiger partial charge in [0.2, 0.25) is 0 Å². The lowest BCUT2D eigenvalue weighted by Crippen LogP contribution is -2.24. The van der Waals surface area contributed by atoms with Crippen LogP contribution in [-0.2, 0) is 6.42 Å². The molecule has 0 heterocycles. The fraction of sp³-hybridized carbons (Fsp3) is 0.538. The van der Waals surface area contributed by atoms with Crippen LogP contribution in [0.4, 0.5) is 0 Å². The van der Waals surface area contributed by atoms with Gasteiger partial charge in [0.15, 0.2) is 0 Å². The summed E-state index contributed by atoms with van der Waals surface area (Å²) in [5, 5.41) is 4.79. The molecule has 2 atom stereocenters.